The van der Waals surface area contributed by atoms with Gasteiger partial charge in [-0.3, -0.25) is 4.79 Å². The second-order valence-electron chi connectivity index (χ2n) is 4.99. The van der Waals surface area contributed by atoms with Crippen molar-refractivity contribution in [1.29, 1.82) is 0 Å². The fourth-order valence-corrected chi connectivity index (χ4v) is 2.65. The van der Waals surface area contributed by atoms with Crippen LogP contribution in [0.3, 0.4) is 0 Å². The van der Waals surface area contributed by atoms with Crippen molar-refractivity contribution in [3.05, 3.63) is 0 Å². The van der Waals surface area contributed by atoms with Crippen molar-refractivity contribution in [3.63, 3.8) is 0 Å². The number of nitrogens with one attached hydrogen (secondary N) is 1. The maximum Gasteiger partial charge on any atom is 0.224 e. The van der Waals surface area contributed by atoms with Crippen molar-refractivity contribution in [2.45, 2.75) is 32.5 Å². The molecule has 2 aliphatic rings. The predicted molar refractivity (Wildman–Crippen MR) is 68.2 cm³/mol. The zero-order valence-electron chi connectivity index (χ0n) is 11.2. The molecule has 5 heteroatoms. The Labute approximate surface area is 109 Å². The van der Waals surface area contributed by atoms with Crippen molar-refractivity contribution in [1.82, 2.24) is 10.2 Å². The first kappa shape index (κ1) is 13.8. The van der Waals surface area contributed by atoms with E-state index in [1.165, 1.54) is 0 Å². The van der Waals surface area contributed by atoms with E-state index >= 15 is 0 Å². The summed E-state index contributed by atoms with van der Waals surface area (Å²) >= 11 is 0. The van der Waals surface area contributed by atoms with E-state index in [4.69, 9.17) is 9.47 Å². The summed E-state index contributed by atoms with van der Waals surface area (Å²) in [5.41, 5.74) is 0. The molecule has 104 valence electrons. The normalized spacial score (nSPS) is 26.4. The van der Waals surface area contributed by atoms with Gasteiger partial charge in [-0.05, 0) is 26.3 Å². The van der Waals surface area contributed by atoms with Crippen molar-refractivity contribution in [3.8, 4) is 0 Å². The van der Waals surface area contributed by atoms with E-state index in [0.29, 0.717) is 13.2 Å². The molecule has 1 atom stereocenters. The molecule has 2 fully saturated rings. The lowest BCUT2D eigenvalue weighted by Gasteiger charge is -2.32. The van der Waals surface area contributed by atoms with E-state index in [9.17, 15) is 4.79 Å². The molecule has 0 aromatic heterocycles. The van der Waals surface area contributed by atoms with Gasteiger partial charge in [0.05, 0.1) is 19.1 Å². The van der Waals surface area contributed by atoms with Crippen molar-refractivity contribution in [2.75, 3.05) is 39.4 Å². The van der Waals surface area contributed by atoms with E-state index in [1.807, 2.05) is 6.92 Å². The van der Waals surface area contributed by atoms with Gasteiger partial charge in [-0.25, -0.2) is 0 Å². The number of carbonyl (C=O) groups is 1. The summed E-state index contributed by atoms with van der Waals surface area (Å²) in [5.74, 6) is 0.361. The number of rotatable bonds is 5. The lowest BCUT2D eigenvalue weighted by Crippen LogP contribution is -2.43. The number of hydrogen-bond acceptors (Lipinski definition) is 4. The molecule has 2 heterocycles. The van der Waals surface area contributed by atoms with Crippen LogP contribution in [0.4, 0.5) is 0 Å². The van der Waals surface area contributed by atoms with E-state index in [1.54, 1.807) is 0 Å². The number of carbonyl (C=O) groups excluding carboxylic acids is 1. The summed E-state index contributed by atoms with van der Waals surface area (Å²) in [6.45, 7) is 7.03. The van der Waals surface area contributed by atoms with Crippen LogP contribution in [0.15, 0.2) is 0 Å². The SMILES string of the molecule is CCNC(=O)[C@@H]1CCCN(CCC2OCCO2)C1. The minimum atomic E-state index is -0.0326. The van der Waals surface area contributed by atoms with Crippen molar-refractivity contribution in [2.24, 2.45) is 5.92 Å². The molecule has 0 unspecified atom stereocenters. The van der Waals surface area contributed by atoms with Gasteiger partial charge in [-0.15, -0.1) is 0 Å². The first-order chi connectivity index (χ1) is 8.79. The number of piperidine rings is 1. The first-order valence-corrected chi connectivity index (χ1v) is 7.03. The minimum absolute atomic E-state index is 0.0326. The molecule has 0 aliphatic carbocycles. The topological polar surface area (TPSA) is 50.8 Å². The van der Waals surface area contributed by atoms with Crippen LogP contribution in [-0.2, 0) is 14.3 Å². The van der Waals surface area contributed by atoms with Gasteiger partial charge in [0.2, 0.25) is 5.91 Å². The van der Waals surface area contributed by atoms with Crippen LogP contribution >= 0.6 is 0 Å². The zero-order chi connectivity index (χ0) is 12.8. The average molecular weight is 256 g/mol. The third-order valence-electron chi connectivity index (χ3n) is 3.60. The number of hydrogen-bond donors (Lipinski definition) is 1. The number of likely N-dealkylation sites (tertiary alicyclic amines) is 1. The molecule has 0 aromatic carbocycles. The molecule has 0 bridgehead atoms. The van der Waals surface area contributed by atoms with Crippen LogP contribution in [0, 0.1) is 5.92 Å². The Kier molecular flexibility index (Phi) is 5.41. The first-order valence-electron chi connectivity index (χ1n) is 7.03. The fraction of sp³-hybridized carbons (Fsp3) is 0.923. The number of nitrogens with zero attached hydrogens (tertiary/aromatic N) is 1. The fourth-order valence-electron chi connectivity index (χ4n) is 2.65. The second kappa shape index (κ2) is 7.07. The summed E-state index contributed by atoms with van der Waals surface area (Å²) in [5, 5.41) is 2.92. The highest BCUT2D eigenvalue weighted by molar-refractivity contribution is 5.78. The van der Waals surface area contributed by atoms with Crippen molar-refractivity contribution >= 4 is 5.91 Å². The van der Waals surface area contributed by atoms with Crippen LogP contribution < -0.4 is 5.32 Å². The molecule has 5 nitrogen and oxygen atoms in total. The standard InChI is InChI=1S/C13H24N2O3/c1-2-14-13(16)11-4-3-6-15(10-11)7-5-12-17-8-9-18-12/h11-12H,2-10H2,1H3,(H,14,16)/t11-/m1/s1. The smallest absolute Gasteiger partial charge is 0.224 e. The highest BCUT2D eigenvalue weighted by Crippen LogP contribution is 2.18. The molecule has 0 radical (unpaired) electrons. The molecule has 0 saturated carbocycles. The van der Waals surface area contributed by atoms with E-state index in [-0.39, 0.29) is 18.1 Å². The summed E-state index contributed by atoms with van der Waals surface area (Å²) in [4.78, 5) is 14.2. The van der Waals surface area contributed by atoms with Gasteiger partial charge in [0.15, 0.2) is 6.29 Å². The summed E-state index contributed by atoms with van der Waals surface area (Å²) < 4.78 is 10.9. The molecule has 0 spiro atoms. The molecule has 2 rings (SSSR count). The summed E-state index contributed by atoms with van der Waals surface area (Å²) in [6.07, 6.45) is 2.99. The van der Waals surface area contributed by atoms with Crippen molar-refractivity contribution < 1.29 is 14.3 Å². The second-order valence-corrected chi connectivity index (χ2v) is 4.99. The van der Waals surface area contributed by atoms with E-state index < -0.39 is 0 Å². The molecule has 0 aromatic rings. The maximum absolute atomic E-state index is 11.8. The Balaban J connectivity index is 1.70. The number of ether oxygens (including phenoxy) is 2. The van der Waals surface area contributed by atoms with Crippen LogP contribution in [0.25, 0.3) is 0 Å². The molecular formula is C13H24N2O3. The van der Waals surface area contributed by atoms with Crippen LogP contribution in [-0.4, -0.2) is 56.5 Å². The Hall–Kier alpha value is -0.650. The quantitative estimate of drug-likeness (QED) is 0.782. The largest absolute Gasteiger partial charge is 0.356 e. The van der Waals surface area contributed by atoms with Crippen LogP contribution in [0.1, 0.15) is 26.2 Å². The van der Waals surface area contributed by atoms with E-state index in [2.05, 4.69) is 10.2 Å². The highest BCUT2D eigenvalue weighted by Gasteiger charge is 2.26. The predicted octanol–water partition coefficient (Wildman–Crippen LogP) is 0.598. The van der Waals surface area contributed by atoms with Crippen LogP contribution in [0.2, 0.25) is 0 Å². The Morgan fingerprint density at radius 2 is 2.17 bits per heavy atom. The van der Waals surface area contributed by atoms with Gasteiger partial charge in [0.25, 0.3) is 0 Å². The molecule has 18 heavy (non-hydrogen) atoms. The highest BCUT2D eigenvalue weighted by atomic mass is 16.7. The zero-order valence-corrected chi connectivity index (χ0v) is 11.2. The third-order valence-corrected chi connectivity index (χ3v) is 3.60. The Bertz CT molecular complexity index is 267. The minimum Gasteiger partial charge on any atom is -0.356 e. The van der Waals surface area contributed by atoms with Gasteiger partial charge < -0.3 is 19.7 Å². The average Bonchev–Trinajstić information content (AvgIpc) is 2.90. The summed E-state index contributed by atoms with van der Waals surface area (Å²) in [7, 11) is 0. The Morgan fingerprint density at radius 1 is 1.39 bits per heavy atom. The summed E-state index contributed by atoms with van der Waals surface area (Å²) in [6, 6.07) is 0. The van der Waals surface area contributed by atoms with Gasteiger partial charge in [-0.1, -0.05) is 0 Å². The van der Waals surface area contributed by atoms with Gasteiger partial charge in [-0.2, -0.15) is 0 Å². The number of amides is 1. The molecule has 1 N–H and O–H groups in total. The van der Waals surface area contributed by atoms with Gasteiger partial charge >= 0.3 is 0 Å². The molecule has 2 saturated heterocycles. The maximum atomic E-state index is 11.8. The molecule has 2 aliphatic heterocycles. The Morgan fingerprint density at radius 3 is 2.89 bits per heavy atom. The molecule has 1 amide bonds. The monoisotopic (exact) mass is 256 g/mol. The van der Waals surface area contributed by atoms with E-state index in [0.717, 1.165) is 45.4 Å². The van der Waals surface area contributed by atoms with Gasteiger partial charge in [0.1, 0.15) is 0 Å². The van der Waals surface area contributed by atoms with Crippen LogP contribution in [0.5, 0.6) is 0 Å². The lowest BCUT2D eigenvalue weighted by molar-refractivity contribution is -0.126. The lowest BCUT2D eigenvalue weighted by atomic mass is 9.97. The molecular weight excluding hydrogens is 232 g/mol. The van der Waals surface area contributed by atoms with Gasteiger partial charge in [0, 0.05) is 26.1 Å². The third kappa shape index (κ3) is 3.93.